The number of amides is 1. The fraction of sp³-hybridized carbons (Fsp3) is 0.562. The Hall–Kier alpha value is -1.17. The molecule has 2 atom stereocenters. The minimum absolute atomic E-state index is 0. The van der Waals surface area contributed by atoms with Crippen LogP contribution in [0.25, 0.3) is 0 Å². The molecule has 2 heterocycles. The highest BCUT2D eigenvalue weighted by Gasteiger charge is 2.31. The standard InChI is InChI=1S/C16H21FN2O2.ClH/c17-13-5-3-12(4-6-13)15-2-1-8-19(15)16(20)10-14-11-21-9-7-18-14;/h3-6,14-15,18H,1-2,7-11H2;1H. The molecule has 1 amide bonds. The quantitative estimate of drug-likeness (QED) is 0.925. The molecule has 0 aliphatic carbocycles. The van der Waals surface area contributed by atoms with Crippen LogP contribution < -0.4 is 5.32 Å². The summed E-state index contributed by atoms with van der Waals surface area (Å²) in [5.41, 5.74) is 1.02. The van der Waals surface area contributed by atoms with Gasteiger partial charge in [0, 0.05) is 25.6 Å². The van der Waals surface area contributed by atoms with Crippen molar-refractivity contribution in [1.82, 2.24) is 10.2 Å². The van der Waals surface area contributed by atoms with E-state index in [-0.39, 0.29) is 36.2 Å². The highest BCUT2D eigenvalue weighted by Crippen LogP contribution is 2.32. The summed E-state index contributed by atoms with van der Waals surface area (Å²) < 4.78 is 18.4. The predicted octanol–water partition coefficient (Wildman–Crippen LogP) is 2.29. The number of morpholine rings is 1. The Bertz CT molecular complexity index is 491. The van der Waals surface area contributed by atoms with Gasteiger partial charge in [0.05, 0.1) is 19.3 Å². The van der Waals surface area contributed by atoms with Gasteiger partial charge in [-0.15, -0.1) is 12.4 Å². The summed E-state index contributed by atoms with van der Waals surface area (Å²) in [5, 5.41) is 3.31. The van der Waals surface area contributed by atoms with Gasteiger partial charge in [-0.05, 0) is 30.5 Å². The van der Waals surface area contributed by atoms with Crippen molar-refractivity contribution in [3.8, 4) is 0 Å². The molecule has 2 aliphatic rings. The monoisotopic (exact) mass is 328 g/mol. The Morgan fingerprint density at radius 2 is 2.14 bits per heavy atom. The molecule has 1 N–H and O–H groups in total. The maximum atomic E-state index is 13.0. The number of likely N-dealkylation sites (tertiary alicyclic amines) is 1. The number of ether oxygens (including phenoxy) is 1. The van der Waals surface area contributed by atoms with Crippen LogP contribution in [0.3, 0.4) is 0 Å². The Morgan fingerprint density at radius 3 is 2.82 bits per heavy atom. The van der Waals surface area contributed by atoms with Crippen molar-refractivity contribution in [2.45, 2.75) is 31.3 Å². The lowest BCUT2D eigenvalue weighted by atomic mass is 10.0. The fourth-order valence-electron chi connectivity index (χ4n) is 3.18. The molecular weight excluding hydrogens is 307 g/mol. The van der Waals surface area contributed by atoms with Crippen molar-refractivity contribution in [2.75, 3.05) is 26.3 Å². The lowest BCUT2D eigenvalue weighted by molar-refractivity contribution is -0.133. The van der Waals surface area contributed by atoms with Crippen LogP contribution in [0, 0.1) is 5.82 Å². The van der Waals surface area contributed by atoms with Crippen molar-refractivity contribution in [3.63, 3.8) is 0 Å². The van der Waals surface area contributed by atoms with Gasteiger partial charge in [-0.1, -0.05) is 12.1 Å². The van der Waals surface area contributed by atoms with E-state index in [1.807, 2.05) is 4.90 Å². The number of benzene rings is 1. The first kappa shape index (κ1) is 17.2. The molecule has 1 aromatic rings. The van der Waals surface area contributed by atoms with E-state index in [9.17, 15) is 9.18 Å². The van der Waals surface area contributed by atoms with E-state index < -0.39 is 0 Å². The van der Waals surface area contributed by atoms with Gasteiger partial charge in [0.15, 0.2) is 0 Å². The Balaban J connectivity index is 0.00000176. The number of hydrogen-bond acceptors (Lipinski definition) is 3. The molecule has 2 aliphatic heterocycles. The van der Waals surface area contributed by atoms with Crippen LogP contribution in [0.4, 0.5) is 4.39 Å². The smallest absolute Gasteiger partial charge is 0.224 e. The van der Waals surface area contributed by atoms with E-state index >= 15 is 0 Å². The molecule has 0 aromatic heterocycles. The van der Waals surface area contributed by atoms with Crippen molar-refractivity contribution in [2.24, 2.45) is 0 Å². The van der Waals surface area contributed by atoms with Gasteiger partial charge in [0.2, 0.25) is 5.91 Å². The molecule has 1 aromatic carbocycles. The summed E-state index contributed by atoms with van der Waals surface area (Å²) in [6.07, 6.45) is 2.42. The molecule has 4 nitrogen and oxygen atoms in total. The molecular formula is C16H22ClFN2O2. The van der Waals surface area contributed by atoms with Crippen molar-refractivity contribution in [1.29, 1.82) is 0 Å². The van der Waals surface area contributed by atoms with E-state index in [0.29, 0.717) is 19.6 Å². The maximum Gasteiger partial charge on any atom is 0.224 e. The zero-order valence-corrected chi connectivity index (χ0v) is 13.3. The number of halogens is 2. The summed E-state index contributed by atoms with van der Waals surface area (Å²) in [6.45, 7) is 2.90. The van der Waals surface area contributed by atoms with Crippen molar-refractivity contribution in [3.05, 3.63) is 35.6 Å². The summed E-state index contributed by atoms with van der Waals surface area (Å²) in [7, 11) is 0. The molecule has 2 unspecified atom stereocenters. The molecule has 0 saturated carbocycles. The molecule has 0 bridgehead atoms. The van der Waals surface area contributed by atoms with Crippen LogP contribution >= 0.6 is 12.4 Å². The Kier molecular flexibility index (Phi) is 6.17. The van der Waals surface area contributed by atoms with Crippen molar-refractivity contribution < 1.29 is 13.9 Å². The third-order valence-electron chi connectivity index (χ3n) is 4.25. The van der Waals surface area contributed by atoms with Gasteiger partial charge in [-0.25, -0.2) is 4.39 Å². The molecule has 3 rings (SSSR count). The summed E-state index contributed by atoms with van der Waals surface area (Å²) in [5.74, 6) is -0.0806. The van der Waals surface area contributed by atoms with Crippen LogP contribution in [0.15, 0.2) is 24.3 Å². The third kappa shape index (κ3) is 3.97. The van der Waals surface area contributed by atoms with Crippen LogP contribution in [0.1, 0.15) is 30.9 Å². The average molecular weight is 329 g/mol. The second-order valence-electron chi connectivity index (χ2n) is 5.73. The molecule has 6 heteroatoms. The number of hydrogen-bond donors (Lipinski definition) is 1. The minimum atomic E-state index is -0.238. The number of carbonyl (C=O) groups is 1. The predicted molar refractivity (Wildman–Crippen MR) is 84.6 cm³/mol. The lowest BCUT2D eigenvalue weighted by Crippen LogP contribution is -2.45. The number of rotatable bonds is 3. The second-order valence-corrected chi connectivity index (χ2v) is 5.73. The third-order valence-corrected chi connectivity index (χ3v) is 4.25. The van der Waals surface area contributed by atoms with E-state index in [0.717, 1.165) is 31.5 Å². The lowest BCUT2D eigenvalue weighted by Gasteiger charge is -2.29. The van der Waals surface area contributed by atoms with Crippen LogP contribution in [0.5, 0.6) is 0 Å². The highest BCUT2D eigenvalue weighted by molar-refractivity contribution is 5.85. The van der Waals surface area contributed by atoms with Gasteiger partial charge in [-0.3, -0.25) is 4.79 Å². The van der Waals surface area contributed by atoms with E-state index in [1.165, 1.54) is 12.1 Å². The van der Waals surface area contributed by atoms with Crippen LogP contribution in [-0.2, 0) is 9.53 Å². The SMILES string of the molecule is Cl.O=C(CC1COCCN1)N1CCCC1c1ccc(F)cc1. The first-order valence-corrected chi connectivity index (χ1v) is 7.60. The first-order valence-electron chi connectivity index (χ1n) is 7.60. The number of nitrogens with zero attached hydrogens (tertiary/aromatic N) is 1. The molecule has 122 valence electrons. The Morgan fingerprint density at radius 1 is 1.36 bits per heavy atom. The van der Waals surface area contributed by atoms with Crippen LogP contribution in [-0.4, -0.2) is 43.2 Å². The molecule has 2 fully saturated rings. The molecule has 22 heavy (non-hydrogen) atoms. The van der Waals surface area contributed by atoms with Crippen molar-refractivity contribution >= 4 is 18.3 Å². The van der Waals surface area contributed by atoms with E-state index in [4.69, 9.17) is 4.74 Å². The average Bonchev–Trinajstić information content (AvgIpc) is 2.98. The zero-order chi connectivity index (χ0) is 14.7. The Labute approximate surface area is 136 Å². The normalized spacial score (nSPS) is 24.9. The molecule has 0 radical (unpaired) electrons. The molecule has 0 spiro atoms. The fourth-order valence-corrected chi connectivity index (χ4v) is 3.18. The number of nitrogens with one attached hydrogen (secondary N) is 1. The molecule has 2 saturated heterocycles. The van der Waals surface area contributed by atoms with E-state index in [1.54, 1.807) is 12.1 Å². The largest absolute Gasteiger partial charge is 0.378 e. The summed E-state index contributed by atoms with van der Waals surface area (Å²) in [6, 6.07) is 6.70. The van der Waals surface area contributed by atoms with Gasteiger partial charge >= 0.3 is 0 Å². The summed E-state index contributed by atoms with van der Waals surface area (Å²) >= 11 is 0. The minimum Gasteiger partial charge on any atom is -0.378 e. The zero-order valence-electron chi connectivity index (χ0n) is 12.5. The van der Waals surface area contributed by atoms with Gasteiger partial charge < -0.3 is 15.0 Å². The topological polar surface area (TPSA) is 41.6 Å². The second kappa shape index (κ2) is 7.90. The number of carbonyl (C=O) groups excluding carboxylic acids is 1. The maximum absolute atomic E-state index is 13.0. The van der Waals surface area contributed by atoms with Gasteiger partial charge in [0.25, 0.3) is 0 Å². The summed E-state index contributed by atoms with van der Waals surface area (Å²) in [4.78, 5) is 14.5. The van der Waals surface area contributed by atoms with E-state index in [2.05, 4.69) is 5.32 Å². The van der Waals surface area contributed by atoms with Crippen LogP contribution in [0.2, 0.25) is 0 Å². The first-order chi connectivity index (χ1) is 10.2. The van der Waals surface area contributed by atoms with Gasteiger partial charge in [0.1, 0.15) is 5.82 Å². The van der Waals surface area contributed by atoms with Gasteiger partial charge in [-0.2, -0.15) is 0 Å². The highest BCUT2D eigenvalue weighted by atomic mass is 35.5.